The van der Waals surface area contributed by atoms with E-state index in [1.165, 1.54) is 11.3 Å². The molecule has 3 atom stereocenters. The molecule has 0 radical (unpaired) electrons. The molecule has 1 aliphatic heterocycles. The second kappa shape index (κ2) is 10.0. The predicted octanol–water partition coefficient (Wildman–Crippen LogP) is 4.16. The van der Waals surface area contributed by atoms with Gasteiger partial charge in [0.25, 0.3) is 5.91 Å². The van der Waals surface area contributed by atoms with E-state index in [1.807, 2.05) is 56.3 Å². The van der Waals surface area contributed by atoms with Crippen LogP contribution in [-0.2, 0) is 10.3 Å². The molecule has 8 nitrogen and oxygen atoms in total. The van der Waals surface area contributed by atoms with Gasteiger partial charge in [0.2, 0.25) is 0 Å². The molecule has 206 valence electrons. The summed E-state index contributed by atoms with van der Waals surface area (Å²) < 4.78 is 6.84. The average molecular weight is 556 g/mol. The number of piperidine rings is 1. The van der Waals surface area contributed by atoms with Crippen molar-refractivity contribution in [2.45, 2.75) is 44.3 Å². The molecule has 1 aliphatic carbocycles. The number of thiophene rings is 1. The van der Waals surface area contributed by atoms with Crippen molar-refractivity contribution in [3.8, 4) is 11.5 Å². The fraction of sp³-hybridized carbons (Fsp3) is 0.290. The third kappa shape index (κ3) is 4.17. The van der Waals surface area contributed by atoms with Crippen LogP contribution >= 0.6 is 11.3 Å². The fourth-order valence-electron chi connectivity index (χ4n) is 5.99. The Balaban J connectivity index is 1.44. The molecule has 8 N–H and O–H groups in total. The first-order valence-corrected chi connectivity index (χ1v) is 14.3. The Hall–Kier alpha value is -3.76. The maximum absolute atomic E-state index is 14.1. The van der Waals surface area contributed by atoms with Crippen LogP contribution in [0.5, 0.6) is 11.5 Å². The van der Waals surface area contributed by atoms with Gasteiger partial charge >= 0.3 is 0 Å². The first kappa shape index (κ1) is 26.5. The second-order valence-corrected chi connectivity index (χ2v) is 11.8. The highest BCUT2D eigenvalue weighted by atomic mass is 32.1. The van der Waals surface area contributed by atoms with Gasteiger partial charge in [0, 0.05) is 29.2 Å². The quantitative estimate of drug-likeness (QED) is 0.233. The van der Waals surface area contributed by atoms with Gasteiger partial charge in [0.1, 0.15) is 17.0 Å². The van der Waals surface area contributed by atoms with Crippen LogP contribution in [0, 0.1) is 13.8 Å². The standard InChI is InChI=1S/C31H33N5O3S/c1-16-6-3-4-8-23(16)39-19-9-10-20(17(2)14-19)31(34)21-11-12-22(32)27-24(21)25(26(33)29(31)37)28(40-27)30(38)36-18-7-5-13-35-15-18/h3-4,6,8-12,14,18,26,35H,5,7,13,15,32-34H2,1-2H3,(H,36,38). The third-order valence-electron chi connectivity index (χ3n) is 8.10. The van der Waals surface area contributed by atoms with E-state index in [0.717, 1.165) is 36.3 Å². The molecule has 1 aromatic heterocycles. The van der Waals surface area contributed by atoms with E-state index >= 15 is 0 Å². The van der Waals surface area contributed by atoms with Gasteiger partial charge in [-0.25, -0.2) is 0 Å². The molecule has 40 heavy (non-hydrogen) atoms. The molecular weight excluding hydrogens is 522 g/mol. The van der Waals surface area contributed by atoms with Crippen LogP contribution in [0.1, 0.15) is 56.4 Å². The van der Waals surface area contributed by atoms with Gasteiger partial charge in [0.05, 0.1) is 15.6 Å². The van der Waals surface area contributed by atoms with Crippen molar-refractivity contribution < 1.29 is 14.3 Å². The highest BCUT2D eigenvalue weighted by Crippen LogP contribution is 2.50. The molecule has 3 unspecified atom stereocenters. The van der Waals surface area contributed by atoms with Gasteiger partial charge in [0.15, 0.2) is 5.78 Å². The normalized spacial score (nSPS) is 22.4. The van der Waals surface area contributed by atoms with E-state index in [4.69, 9.17) is 21.9 Å². The molecule has 3 aromatic carbocycles. The Kier molecular flexibility index (Phi) is 6.62. The van der Waals surface area contributed by atoms with Crippen molar-refractivity contribution in [3.05, 3.63) is 87.3 Å². The smallest absolute Gasteiger partial charge is 0.262 e. The summed E-state index contributed by atoms with van der Waals surface area (Å²) >= 11 is 1.27. The number of para-hydroxylation sites is 1. The van der Waals surface area contributed by atoms with Crippen LogP contribution in [0.4, 0.5) is 5.69 Å². The minimum absolute atomic E-state index is 0.0163. The molecule has 1 amide bonds. The average Bonchev–Trinajstić information content (AvgIpc) is 3.35. The number of aryl methyl sites for hydroxylation is 2. The number of ether oxygens (including phenoxy) is 1. The Bertz CT molecular complexity index is 1660. The molecule has 6 rings (SSSR count). The topological polar surface area (TPSA) is 145 Å². The van der Waals surface area contributed by atoms with Crippen molar-refractivity contribution in [1.82, 2.24) is 10.6 Å². The molecular formula is C31H33N5O3S. The van der Waals surface area contributed by atoms with Crippen LogP contribution in [0.15, 0.2) is 54.6 Å². The van der Waals surface area contributed by atoms with Crippen molar-refractivity contribution in [2.24, 2.45) is 11.5 Å². The largest absolute Gasteiger partial charge is 0.457 e. The van der Waals surface area contributed by atoms with E-state index < -0.39 is 11.6 Å². The van der Waals surface area contributed by atoms with Crippen LogP contribution in [0.25, 0.3) is 10.1 Å². The zero-order valence-electron chi connectivity index (χ0n) is 22.5. The number of benzene rings is 3. The molecule has 0 saturated carbocycles. The third-order valence-corrected chi connectivity index (χ3v) is 9.35. The lowest BCUT2D eigenvalue weighted by Gasteiger charge is -2.37. The van der Waals surface area contributed by atoms with E-state index in [9.17, 15) is 9.59 Å². The van der Waals surface area contributed by atoms with E-state index in [1.54, 1.807) is 12.1 Å². The lowest BCUT2D eigenvalue weighted by molar-refractivity contribution is -0.124. The number of hydrogen-bond donors (Lipinski definition) is 5. The van der Waals surface area contributed by atoms with Crippen LogP contribution in [0.2, 0.25) is 0 Å². The lowest BCUT2D eigenvalue weighted by Crippen LogP contribution is -2.53. The van der Waals surface area contributed by atoms with Crippen molar-refractivity contribution in [3.63, 3.8) is 0 Å². The van der Waals surface area contributed by atoms with E-state index in [2.05, 4.69) is 10.6 Å². The van der Waals surface area contributed by atoms with Gasteiger partial charge in [-0.1, -0.05) is 30.3 Å². The van der Waals surface area contributed by atoms with Gasteiger partial charge in [-0.3, -0.25) is 9.59 Å². The number of hydrogen-bond acceptors (Lipinski definition) is 8. The number of ketones is 1. The zero-order valence-corrected chi connectivity index (χ0v) is 23.4. The van der Waals surface area contributed by atoms with E-state index in [-0.39, 0.29) is 17.7 Å². The first-order valence-electron chi connectivity index (χ1n) is 13.5. The molecule has 0 bridgehead atoms. The van der Waals surface area contributed by atoms with Gasteiger partial charge in [-0.15, -0.1) is 11.3 Å². The monoisotopic (exact) mass is 555 g/mol. The summed E-state index contributed by atoms with van der Waals surface area (Å²) in [5.74, 6) is 0.790. The Morgan fingerprint density at radius 2 is 1.88 bits per heavy atom. The number of rotatable bonds is 5. The minimum Gasteiger partial charge on any atom is -0.457 e. The van der Waals surface area contributed by atoms with Crippen LogP contribution < -0.4 is 32.6 Å². The molecule has 2 heterocycles. The molecule has 1 fully saturated rings. The fourth-order valence-corrected chi connectivity index (χ4v) is 7.20. The highest BCUT2D eigenvalue weighted by Gasteiger charge is 2.49. The summed E-state index contributed by atoms with van der Waals surface area (Å²) in [4.78, 5) is 28.0. The van der Waals surface area contributed by atoms with Crippen LogP contribution in [-0.4, -0.2) is 30.8 Å². The highest BCUT2D eigenvalue weighted by molar-refractivity contribution is 7.21. The summed E-state index contributed by atoms with van der Waals surface area (Å²) in [6.07, 6.45) is 1.88. The molecule has 0 spiro atoms. The number of nitrogens with two attached hydrogens (primary N) is 3. The van der Waals surface area contributed by atoms with E-state index in [0.29, 0.717) is 49.6 Å². The van der Waals surface area contributed by atoms with Gasteiger partial charge in [-0.05, 0) is 79.8 Å². The van der Waals surface area contributed by atoms with Crippen molar-refractivity contribution in [2.75, 3.05) is 18.8 Å². The maximum atomic E-state index is 14.1. The SMILES string of the molecule is Cc1ccccc1Oc1ccc(C2(N)C(=O)C(N)c3c(C(=O)NC4CCCNC4)sc4c(N)ccc2c34)c(C)c1. The Morgan fingerprint density at radius 3 is 2.60 bits per heavy atom. The lowest BCUT2D eigenvalue weighted by atomic mass is 9.69. The number of amides is 1. The number of nitrogen functional groups attached to an aromatic ring is 1. The Labute approximate surface area is 236 Å². The summed E-state index contributed by atoms with van der Waals surface area (Å²) in [5.41, 5.74) is 22.7. The molecule has 9 heteroatoms. The maximum Gasteiger partial charge on any atom is 0.262 e. The van der Waals surface area contributed by atoms with Crippen LogP contribution in [0.3, 0.4) is 0 Å². The van der Waals surface area contributed by atoms with Crippen molar-refractivity contribution >= 4 is 38.8 Å². The number of anilines is 1. The Morgan fingerprint density at radius 1 is 1.10 bits per heavy atom. The first-order chi connectivity index (χ1) is 19.2. The summed E-state index contributed by atoms with van der Waals surface area (Å²) in [5, 5.41) is 7.13. The second-order valence-electron chi connectivity index (χ2n) is 10.8. The number of Topliss-reactive ketones (excluding diaryl/α,β-unsaturated/α-hetero) is 1. The minimum atomic E-state index is -1.52. The number of nitrogens with one attached hydrogen (secondary N) is 2. The summed E-state index contributed by atoms with van der Waals surface area (Å²) in [7, 11) is 0. The zero-order chi connectivity index (χ0) is 28.2. The molecule has 2 aliphatic rings. The number of carbonyl (C=O) groups excluding carboxylic acids is 2. The molecule has 4 aromatic rings. The predicted molar refractivity (Wildman–Crippen MR) is 159 cm³/mol. The summed E-state index contributed by atoms with van der Waals surface area (Å²) in [6, 6.07) is 15.8. The molecule has 1 saturated heterocycles. The number of carbonyl (C=O) groups is 2. The summed E-state index contributed by atoms with van der Waals surface area (Å²) in [6.45, 7) is 5.54. The van der Waals surface area contributed by atoms with Gasteiger partial charge in [-0.2, -0.15) is 0 Å². The van der Waals surface area contributed by atoms with Gasteiger partial charge < -0.3 is 32.6 Å². The van der Waals surface area contributed by atoms with Crippen molar-refractivity contribution in [1.29, 1.82) is 0 Å².